The minimum atomic E-state index is -4.41. The number of hydrogen-bond acceptors (Lipinski definition) is 2. The molecule has 0 spiro atoms. The number of rotatable bonds is 1. The SMILES string of the molecule is Cc1cc(=O)n2[nH]cc(-c3cccc(C(F)(F)F)c3)c2n1. The second-order valence-corrected chi connectivity index (χ2v) is 4.66. The Bertz CT molecular complexity index is 877. The molecule has 4 nitrogen and oxygen atoms in total. The van der Waals surface area contributed by atoms with Gasteiger partial charge in [0.2, 0.25) is 0 Å². The summed E-state index contributed by atoms with van der Waals surface area (Å²) in [4.78, 5) is 16.0. The standard InChI is InChI=1S/C14H10F3N3O/c1-8-5-12(21)20-13(19-8)11(7-18-20)9-3-2-4-10(6-9)14(15,16)17/h2-7,18H,1H3. The van der Waals surface area contributed by atoms with Gasteiger partial charge < -0.3 is 0 Å². The van der Waals surface area contributed by atoms with E-state index in [-0.39, 0.29) is 5.56 Å². The molecule has 0 saturated heterocycles. The number of halogens is 3. The molecule has 1 aromatic carbocycles. The van der Waals surface area contributed by atoms with Crippen molar-refractivity contribution in [2.75, 3.05) is 0 Å². The Balaban J connectivity index is 2.24. The van der Waals surface area contributed by atoms with Crippen molar-refractivity contribution in [2.24, 2.45) is 0 Å². The number of fused-ring (bicyclic) bond motifs is 1. The predicted molar refractivity (Wildman–Crippen MR) is 71.0 cm³/mol. The maximum absolute atomic E-state index is 12.8. The monoisotopic (exact) mass is 293 g/mol. The van der Waals surface area contributed by atoms with Crippen LogP contribution >= 0.6 is 0 Å². The molecule has 0 atom stereocenters. The molecule has 1 N–H and O–H groups in total. The zero-order valence-corrected chi connectivity index (χ0v) is 10.9. The van der Waals surface area contributed by atoms with Gasteiger partial charge >= 0.3 is 6.18 Å². The minimum absolute atomic E-state index is 0.305. The van der Waals surface area contributed by atoms with Crippen LogP contribution in [-0.4, -0.2) is 14.6 Å². The second kappa shape index (κ2) is 4.47. The molecular formula is C14H10F3N3O. The van der Waals surface area contributed by atoms with Crippen molar-refractivity contribution in [1.29, 1.82) is 0 Å². The summed E-state index contributed by atoms with van der Waals surface area (Å²) >= 11 is 0. The normalized spacial score (nSPS) is 12.0. The molecule has 0 aliphatic heterocycles. The van der Waals surface area contributed by atoms with Gasteiger partial charge in [0.1, 0.15) is 0 Å². The number of aromatic nitrogens is 3. The number of alkyl halides is 3. The van der Waals surface area contributed by atoms with Crippen LogP contribution in [0, 0.1) is 6.92 Å². The highest BCUT2D eigenvalue weighted by atomic mass is 19.4. The molecule has 21 heavy (non-hydrogen) atoms. The molecule has 0 bridgehead atoms. The van der Waals surface area contributed by atoms with E-state index in [4.69, 9.17) is 0 Å². The molecule has 3 rings (SSSR count). The summed E-state index contributed by atoms with van der Waals surface area (Å²) in [6.45, 7) is 1.66. The molecule has 0 fully saturated rings. The molecule has 0 radical (unpaired) electrons. The fourth-order valence-corrected chi connectivity index (χ4v) is 2.17. The van der Waals surface area contributed by atoms with E-state index in [0.29, 0.717) is 22.5 Å². The summed E-state index contributed by atoms with van der Waals surface area (Å²) in [5.74, 6) is 0. The fourth-order valence-electron chi connectivity index (χ4n) is 2.17. The van der Waals surface area contributed by atoms with E-state index in [1.165, 1.54) is 22.8 Å². The van der Waals surface area contributed by atoms with Gasteiger partial charge in [0.05, 0.1) is 5.56 Å². The number of aryl methyl sites for hydroxylation is 1. The van der Waals surface area contributed by atoms with Gasteiger partial charge in [0.15, 0.2) is 5.65 Å². The number of nitrogens with zero attached hydrogens (tertiary/aromatic N) is 2. The van der Waals surface area contributed by atoms with E-state index in [9.17, 15) is 18.0 Å². The Hall–Kier alpha value is -2.57. The predicted octanol–water partition coefficient (Wildman–Crippen LogP) is 3.02. The van der Waals surface area contributed by atoms with E-state index in [1.54, 1.807) is 13.0 Å². The average Bonchev–Trinajstić information content (AvgIpc) is 2.82. The number of aromatic amines is 1. The first-order chi connectivity index (χ1) is 9.86. The zero-order chi connectivity index (χ0) is 15.2. The summed E-state index contributed by atoms with van der Waals surface area (Å²) in [6, 6.07) is 6.27. The van der Waals surface area contributed by atoms with E-state index in [1.807, 2.05) is 0 Å². The molecule has 0 unspecified atom stereocenters. The van der Waals surface area contributed by atoms with Crippen molar-refractivity contribution >= 4 is 5.65 Å². The highest BCUT2D eigenvalue weighted by Gasteiger charge is 2.30. The number of nitrogens with one attached hydrogen (secondary N) is 1. The molecule has 0 amide bonds. The summed E-state index contributed by atoms with van der Waals surface area (Å²) in [6.07, 6.45) is -2.94. The topological polar surface area (TPSA) is 50.2 Å². The third-order valence-corrected chi connectivity index (χ3v) is 3.13. The van der Waals surface area contributed by atoms with Gasteiger partial charge in [0, 0.05) is 23.5 Å². The van der Waals surface area contributed by atoms with Gasteiger partial charge in [0.25, 0.3) is 5.56 Å². The van der Waals surface area contributed by atoms with Gasteiger partial charge in [-0.05, 0) is 24.6 Å². The van der Waals surface area contributed by atoms with E-state index in [2.05, 4.69) is 10.1 Å². The summed E-state index contributed by atoms with van der Waals surface area (Å²) in [7, 11) is 0. The molecule has 7 heteroatoms. The lowest BCUT2D eigenvalue weighted by Gasteiger charge is -2.08. The summed E-state index contributed by atoms with van der Waals surface area (Å²) < 4.78 is 39.5. The van der Waals surface area contributed by atoms with Gasteiger partial charge in [-0.2, -0.15) is 13.2 Å². The highest BCUT2D eigenvalue weighted by Crippen LogP contribution is 2.32. The molecule has 0 saturated carbocycles. The first-order valence-corrected chi connectivity index (χ1v) is 6.12. The zero-order valence-electron chi connectivity index (χ0n) is 10.9. The van der Waals surface area contributed by atoms with E-state index >= 15 is 0 Å². The van der Waals surface area contributed by atoms with Crippen molar-refractivity contribution in [3.05, 3.63) is 58.1 Å². The van der Waals surface area contributed by atoms with Gasteiger partial charge in [-0.1, -0.05) is 12.1 Å². The van der Waals surface area contributed by atoms with E-state index in [0.717, 1.165) is 12.1 Å². The smallest absolute Gasteiger partial charge is 0.296 e. The fraction of sp³-hybridized carbons (Fsp3) is 0.143. The lowest BCUT2D eigenvalue weighted by atomic mass is 10.1. The molecule has 2 heterocycles. The van der Waals surface area contributed by atoms with Crippen molar-refractivity contribution in [1.82, 2.24) is 14.6 Å². The Morgan fingerprint density at radius 1 is 1.24 bits per heavy atom. The van der Waals surface area contributed by atoms with Crippen molar-refractivity contribution in [3.8, 4) is 11.1 Å². The van der Waals surface area contributed by atoms with Crippen LogP contribution in [0.5, 0.6) is 0 Å². The summed E-state index contributed by atoms with van der Waals surface area (Å²) in [5, 5.41) is 2.70. The van der Waals surface area contributed by atoms with Crippen LogP contribution in [0.25, 0.3) is 16.8 Å². The maximum Gasteiger partial charge on any atom is 0.416 e. The molecule has 108 valence electrons. The quantitative estimate of drug-likeness (QED) is 0.749. The van der Waals surface area contributed by atoms with Gasteiger partial charge in [-0.3, -0.25) is 9.89 Å². The van der Waals surface area contributed by atoms with Crippen LogP contribution in [0.3, 0.4) is 0 Å². The molecule has 0 aliphatic rings. The first kappa shape index (κ1) is 13.4. The van der Waals surface area contributed by atoms with Crippen LogP contribution in [0.15, 0.2) is 41.3 Å². The Kier molecular flexibility index (Phi) is 2.86. The van der Waals surface area contributed by atoms with Crippen LogP contribution in [-0.2, 0) is 6.18 Å². The van der Waals surface area contributed by atoms with Crippen molar-refractivity contribution < 1.29 is 13.2 Å². The molecular weight excluding hydrogens is 283 g/mol. The molecule has 0 aliphatic carbocycles. The molecule has 3 aromatic rings. The Labute approximate surface area is 116 Å². The van der Waals surface area contributed by atoms with Crippen molar-refractivity contribution in [3.63, 3.8) is 0 Å². The van der Waals surface area contributed by atoms with Gasteiger partial charge in [-0.15, -0.1) is 0 Å². The van der Waals surface area contributed by atoms with Crippen LogP contribution in [0.2, 0.25) is 0 Å². The van der Waals surface area contributed by atoms with Crippen molar-refractivity contribution in [2.45, 2.75) is 13.1 Å². The Morgan fingerprint density at radius 2 is 2.00 bits per heavy atom. The summed E-state index contributed by atoms with van der Waals surface area (Å²) in [5.41, 5.74) is 0.556. The number of hydrogen-bond donors (Lipinski definition) is 1. The average molecular weight is 293 g/mol. The van der Waals surface area contributed by atoms with Crippen LogP contribution in [0.1, 0.15) is 11.3 Å². The number of benzene rings is 1. The highest BCUT2D eigenvalue weighted by molar-refractivity contribution is 5.77. The van der Waals surface area contributed by atoms with Gasteiger partial charge in [-0.25, -0.2) is 9.50 Å². The number of H-pyrrole nitrogens is 1. The van der Waals surface area contributed by atoms with Crippen LogP contribution in [0.4, 0.5) is 13.2 Å². The lowest BCUT2D eigenvalue weighted by Crippen LogP contribution is -2.14. The Morgan fingerprint density at radius 3 is 2.71 bits per heavy atom. The molecule has 2 aromatic heterocycles. The lowest BCUT2D eigenvalue weighted by molar-refractivity contribution is -0.137. The first-order valence-electron chi connectivity index (χ1n) is 6.12. The van der Waals surface area contributed by atoms with E-state index < -0.39 is 11.7 Å². The minimum Gasteiger partial charge on any atom is -0.296 e. The second-order valence-electron chi connectivity index (χ2n) is 4.66. The van der Waals surface area contributed by atoms with Crippen LogP contribution < -0.4 is 5.56 Å². The maximum atomic E-state index is 12.8. The third kappa shape index (κ3) is 2.31. The largest absolute Gasteiger partial charge is 0.416 e. The third-order valence-electron chi connectivity index (χ3n) is 3.13.